The summed E-state index contributed by atoms with van der Waals surface area (Å²) in [5.41, 5.74) is 8.17. The van der Waals surface area contributed by atoms with Gasteiger partial charge in [0.05, 0.1) is 11.5 Å². The van der Waals surface area contributed by atoms with Crippen molar-refractivity contribution in [3.05, 3.63) is 41.7 Å². The molecule has 0 saturated carbocycles. The van der Waals surface area contributed by atoms with Crippen LogP contribution in [0.4, 0.5) is 0 Å². The lowest BCUT2D eigenvalue weighted by Gasteiger charge is -1.95. The van der Waals surface area contributed by atoms with E-state index in [4.69, 9.17) is 10.3 Å². The number of carbonyl (C=O) groups excluding carboxylic acids is 1. The molecule has 0 aliphatic heterocycles. The topological polar surface area (TPSA) is 94.9 Å². The highest BCUT2D eigenvalue weighted by molar-refractivity contribution is 8.03. The molecule has 0 fully saturated rings. The monoisotopic (exact) mass is 378 g/mol. The molecule has 24 heavy (non-hydrogen) atoms. The summed E-state index contributed by atoms with van der Waals surface area (Å²) in [4.78, 5) is 10.8. The maximum absolute atomic E-state index is 10.8. The molecule has 0 spiro atoms. The van der Waals surface area contributed by atoms with Crippen LogP contribution in [0.5, 0.6) is 0 Å². The number of hydrogen-bond acceptors (Lipinski definition) is 8. The standard InChI is InChI=1S/C15H14N4O2S3/c1-9-2-4-10(5-3-9)12-6-11(21-19-12)7-22-14-17-18-15(24-14)23-8-13(16)20/h2-6H,7-8H2,1H3,(H2,16,20). The van der Waals surface area contributed by atoms with E-state index in [1.807, 2.05) is 37.3 Å². The van der Waals surface area contributed by atoms with Crippen LogP contribution in [0, 0.1) is 6.92 Å². The highest BCUT2D eigenvalue weighted by Gasteiger charge is 2.10. The van der Waals surface area contributed by atoms with Crippen molar-refractivity contribution >= 4 is 40.8 Å². The van der Waals surface area contributed by atoms with Gasteiger partial charge in [-0.3, -0.25) is 4.79 Å². The molecule has 0 bridgehead atoms. The van der Waals surface area contributed by atoms with Gasteiger partial charge in [-0.15, -0.1) is 10.2 Å². The largest absolute Gasteiger partial charge is 0.369 e. The van der Waals surface area contributed by atoms with E-state index in [1.165, 1.54) is 40.4 Å². The fourth-order valence-corrected chi connectivity index (χ4v) is 4.46. The molecule has 2 N–H and O–H groups in total. The molecule has 0 atom stereocenters. The molecule has 3 aromatic rings. The Kier molecular flexibility index (Phi) is 5.54. The van der Waals surface area contributed by atoms with E-state index in [0.717, 1.165) is 25.7 Å². The Labute approximate surface area is 151 Å². The third-order valence-electron chi connectivity index (χ3n) is 2.97. The molecular formula is C15H14N4O2S3. The minimum Gasteiger partial charge on any atom is -0.369 e. The Hall–Kier alpha value is -1.84. The zero-order valence-corrected chi connectivity index (χ0v) is 15.2. The second kappa shape index (κ2) is 7.82. The summed E-state index contributed by atoms with van der Waals surface area (Å²) in [6.07, 6.45) is 0. The number of rotatable bonds is 7. The summed E-state index contributed by atoms with van der Waals surface area (Å²) in [7, 11) is 0. The van der Waals surface area contributed by atoms with Crippen LogP contribution in [0.3, 0.4) is 0 Å². The molecular weight excluding hydrogens is 364 g/mol. The van der Waals surface area contributed by atoms with Crippen LogP contribution in [-0.4, -0.2) is 27.0 Å². The molecule has 3 rings (SSSR count). The molecule has 124 valence electrons. The highest BCUT2D eigenvalue weighted by Crippen LogP contribution is 2.31. The average Bonchev–Trinajstić information content (AvgIpc) is 3.21. The van der Waals surface area contributed by atoms with Crippen molar-refractivity contribution in [3.8, 4) is 11.3 Å². The van der Waals surface area contributed by atoms with Crippen molar-refractivity contribution in [2.45, 2.75) is 21.4 Å². The van der Waals surface area contributed by atoms with E-state index < -0.39 is 0 Å². The molecule has 2 heterocycles. The van der Waals surface area contributed by atoms with Gasteiger partial charge in [-0.05, 0) is 6.92 Å². The van der Waals surface area contributed by atoms with Crippen LogP contribution in [0.2, 0.25) is 0 Å². The number of benzene rings is 1. The number of thioether (sulfide) groups is 2. The Morgan fingerprint density at radius 3 is 2.62 bits per heavy atom. The molecule has 0 saturated heterocycles. The van der Waals surface area contributed by atoms with Gasteiger partial charge in [-0.1, -0.05) is 69.8 Å². The van der Waals surface area contributed by atoms with Crippen LogP contribution in [-0.2, 0) is 10.5 Å². The van der Waals surface area contributed by atoms with Gasteiger partial charge >= 0.3 is 0 Å². The minimum absolute atomic E-state index is 0.210. The third-order valence-corrected chi connectivity index (χ3v) is 6.20. The van der Waals surface area contributed by atoms with Crippen molar-refractivity contribution in [2.24, 2.45) is 5.73 Å². The third kappa shape index (κ3) is 4.59. The van der Waals surface area contributed by atoms with Gasteiger partial charge < -0.3 is 10.3 Å². The number of nitrogens with zero attached hydrogens (tertiary/aromatic N) is 3. The Balaban J connectivity index is 1.57. The lowest BCUT2D eigenvalue weighted by atomic mass is 10.1. The number of primary amides is 1. The second-order valence-electron chi connectivity index (χ2n) is 4.92. The van der Waals surface area contributed by atoms with Crippen LogP contribution < -0.4 is 5.73 Å². The zero-order chi connectivity index (χ0) is 16.9. The number of hydrogen-bond donors (Lipinski definition) is 1. The molecule has 0 aliphatic rings. The Morgan fingerprint density at radius 2 is 1.92 bits per heavy atom. The van der Waals surface area contributed by atoms with Crippen molar-refractivity contribution in [2.75, 3.05) is 5.75 Å². The van der Waals surface area contributed by atoms with E-state index in [2.05, 4.69) is 15.4 Å². The van der Waals surface area contributed by atoms with E-state index >= 15 is 0 Å². The molecule has 0 unspecified atom stereocenters. The van der Waals surface area contributed by atoms with Gasteiger partial charge in [0.25, 0.3) is 0 Å². The molecule has 0 radical (unpaired) electrons. The van der Waals surface area contributed by atoms with Crippen molar-refractivity contribution in [3.63, 3.8) is 0 Å². The smallest absolute Gasteiger partial charge is 0.227 e. The summed E-state index contributed by atoms with van der Waals surface area (Å²) in [5, 5.41) is 12.2. The summed E-state index contributed by atoms with van der Waals surface area (Å²) >= 11 is 4.25. The maximum Gasteiger partial charge on any atom is 0.227 e. The first-order valence-corrected chi connectivity index (χ1v) is 9.79. The Morgan fingerprint density at radius 1 is 1.21 bits per heavy atom. The number of nitrogens with two attached hydrogens (primary N) is 1. The zero-order valence-electron chi connectivity index (χ0n) is 12.8. The van der Waals surface area contributed by atoms with Crippen LogP contribution in [0.1, 0.15) is 11.3 Å². The van der Waals surface area contributed by atoms with Crippen LogP contribution in [0.15, 0.2) is 43.5 Å². The predicted octanol–water partition coefficient (Wildman–Crippen LogP) is 3.37. The first-order valence-electron chi connectivity index (χ1n) is 7.00. The van der Waals surface area contributed by atoms with Gasteiger partial charge in [0.1, 0.15) is 11.5 Å². The SMILES string of the molecule is Cc1ccc(-c2cc(CSc3nnc(SCC(N)=O)s3)on2)cc1. The normalized spacial score (nSPS) is 10.9. The summed E-state index contributed by atoms with van der Waals surface area (Å²) in [5.74, 6) is 1.24. The fraction of sp³-hybridized carbons (Fsp3) is 0.200. The molecule has 9 heteroatoms. The van der Waals surface area contributed by atoms with E-state index in [0.29, 0.717) is 5.75 Å². The lowest BCUT2D eigenvalue weighted by Crippen LogP contribution is -2.12. The Bertz CT molecular complexity index is 829. The lowest BCUT2D eigenvalue weighted by molar-refractivity contribution is -0.115. The molecule has 6 nitrogen and oxygen atoms in total. The first kappa shape index (κ1) is 17.0. The van der Waals surface area contributed by atoms with Crippen molar-refractivity contribution < 1.29 is 9.32 Å². The molecule has 2 aromatic heterocycles. The van der Waals surface area contributed by atoms with E-state index in [1.54, 1.807) is 0 Å². The van der Waals surface area contributed by atoms with Crippen LogP contribution in [0.25, 0.3) is 11.3 Å². The number of aromatic nitrogens is 3. The van der Waals surface area contributed by atoms with Gasteiger partial charge in [0.2, 0.25) is 5.91 Å². The first-order chi connectivity index (χ1) is 11.6. The number of aryl methyl sites for hydroxylation is 1. The van der Waals surface area contributed by atoms with Gasteiger partial charge in [-0.2, -0.15) is 0 Å². The molecule has 0 aliphatic carbocycles. The second-order valence-corrected chi connectivity index (χ2v) is 8.34. The molecule has 1 amide bonds. The van der Waals surface area contributed by atoms with Crippen LogP contribution >= 0.6 is 34.9 Å². The predicted molar refractivity (Wildman–Crippen MR) is 96.1 cm³/mol. The summed E-state index contributed by atoms with van der Waals surface area (Å²) < 4.78 is 6.92. The quantitative estimate of drug-likeness (QED) is 0.630. The van der Waals surface area contributed by atoms with Crippen molar-refractivity contribution in [1.29, 1.82) is 0 Å². The highest BCUT2D eigenvalue weighted by atomic mass is 32.2. The van der Waals surface area contributed by atoms with Gasteiger partial charge in [-0.25, -0.2) is 0 Å². The van der Waals surface area contributed by atoms with Gasteiger partial charge in [0.15, 0.2) is 8.68 Å². The molecule has 1 aromatic carbocycles. The van der Waals surface area contributed by atoms with E-state index in [9.17, 15) is 4.79 Å². The number of amides is 1. The maximum atomic E-state index is 10.8. The summed E-state index contributed by atoms with van der Waals surface area (Å²) in [6.45, 7) is 2.05. The van der Waals surface area contributed by atoms with Gasteiger partial charge in [0, 0.05) is 11.6 Å². The average molecular weight is 379 g/mol. The fourth-order valence-electron chi connectivity index (χ4n) is 1.82. The number of carbonyl (C=O) groups is 1. The van der Waals surface area contributed by atoms with E-state index in [-0.39, 0.29) is 11.7 Å². The van der Waals surface area contributed by atoms with Crippen molar-refractivity contribution in [1.82, 2.24) is 15.4 Å². The minimum atomic E-state index is -0.366. The summed E-state index contributed by atoms with van der Waals surface area (Å²) in [6, 6.07) is 10.1.